The van der Waals surface area contributed by atoms with Crippen LogP contribution in [0.2, 0.25) is 0 Å². The third kappa shape index (κ3) is 3.75. The van der Waals surface area contributed by atoms with Gasteiger partial charge in [-0.3, -0.25) is 4.79 Å². The molecular weight excluding hydrogens is 422 g/mol. The maximum absolute atomic E-state index is 13.1. The molecule has 2 heterocycles. The smallest absolute Gasteiger partial charge is 0.227 e. The summed E-state index contributed by atoms with van der Waals surface area (Å²) in [5.74, 6) is 1.88. The maximum atomic E-state index is 13.1. The van der Waals surface area contributed by atoms with E-state index in [9.17, 15) is 4.79 Å². The molecule has 1 aliphatic heterocycles. The highest BCUT2D eigenvalue weighted by atomic mass is 16.5. The molecule has 1 saturated heterocycles. The Morgan fingerprint density at radius 2 is 1.71 bits per heavy atom. The molecule has 1 unspecified atom stereocenters. The average molecular weight is 454 g/mol. The summed E-state index contributed by atoms with van der Waals surface area (Å²) in [5.41, 5.74) is 9.58. The largest absolute Gasteiger partial charge is 0.497 e. The summed E-state index contributed by atoms with van der Waals surface area (Å²) >= 11 is 0. The van der Waals surface area contributed by atoms with Crippen LogP contribution in [-0.2, 0) is 11.3 Å². The van der Waals surface area contributed by atoms with E-state index in [1.54, 1.807) is 7.11 Å². The van der Waals surface area contributed by atoms with Crippen LogP contribution in [0.25, 0.3) is 11.0 Å². The normalized spacial score (nSPS) is 16.0. The van der Waals surface area contributed by atoms with Crippen LogP contribution < -0.4 is 9.64 Å². The summed E-state index contributed by atoms with van der Waals surface area (Å²) in [6, 6.07) is 18.3. The Morgan fingerprint density at radius 3 is 2.44 bits per heavy atom. The Labute approximate surface area is 201 Å². The van der Waals surface area contributed by atoms with Gasteiger partial charge in [0.05, 0.1) is 18.1 Å². The fourth-order valence-corrected chi connectivity index (χ4v) is 5.17. The van der Waals surface area contributed by atoms with E-state index in [-0.39, 0.29) is 11.8 Å². The van der Waals surface area contributed by atoms with Crippen molar-refractivity contribution in [2.75, 3.05) is 18.6 Å². The van der Waals surface area contributed by atoms with E-state index in [4.69, 9.17) is 9.72 Å². The summed E-state index contributed by atoms with van der Waals surface area (Å²) < 4.78 is 7.70. The van der Waals surface area contributed by atoms with Crippen LogP contribution >= 0.6 is 0 Å². The highest BCUT2D eigenvalue weighted by Gasteiger charge is 2.35. The van der Waals surface area contributed by atoms with Gasteiger partial charge < -0.3 is 14.2 Å². The Hall–Kier alpha value is -3.60. The fourth-order valence-electron chi connectivity index (χ4n) is 5.17. The number of ether oxygens (including phenoxy) is 1. The molecule has 174 valence electrons. The van der Waals surface area contributed by atoms with Crippen LogP contribution in [0, 0.1) is 27.7 Å². The molecule has 5 nitrogen and oxygen atoms in total. The number of methoxy groups -OCH3 is 1. The van der Waals surface area contributed by atoms with Gasteiger partial charge in [0.2, 0.25) is 5.91 Å². The van der Waals surface area contributed by atoms with Gasteiger partial charge in [-0.15, -0.1) is 0 Å². The number of fused-ring (bicyclic) bond motifs is 1. The van der Waals surface area contributed by atoms with Gasteiger partial charge in [0.1, 0.15) is 11.6 Å². The minimum atomic E-state index is 0.0256. The molecule has 0 spiro atoms. The van der Waals surface area contributed by atoms with E-state index in [0.717, 1.165) is 34.8 Å². The van der Waals surface area contributed by atoms with Crippen molar-refractivity contribution < 1.29 is 9.53 Å². The topological polar surface area (TPSA) is 47.4 Å². The van der Waals surface area contributed by atoms with E-state index < -0.39 is 0 Å². The van der Waals surface area contributed by atoms with Crippen molar-refractivity contribution in [2.24, 2.45) is 0 Å². The lowest BCUT2D eigenvalue weighted by Crippen LogP contribution is -2.24. The van der Waals surface area contributed by atoms with Crippen LogP contribution in [0.4, 0.5) is 5.69 Å². The second kappa shape index (κ2) is 8.64. The highest BCUT2D eigenvalue weighted by molar-refractivity contribution is 5.96. The monoisotopic (exact) mass is 453 g/mol. The number of amides is 1. The van der Waals surface area contributed by atoms with Gasteiger partial charge in [0.25, 0.3) is 0 Å². The number of hydrogen-bond acceptors (Lipinski definition) is 3. The summed E-state index contributed by atoms with van der Waals surface area (Å²) in [7, 11) is 1.65. The standard InChI is InChI=1S/C29H31N3O2/c1-18-13-19(2)21(4)25(20(18)3)17-32-27-12-7-6-11-26(27)30-29(32)22-14-28(33)31(16-22)23-9-8-10-24(15-23)34-5/h6-13,15,22H,14,16-17H2,1-5H3. The molecule has 0 aliphatic carbocycles. The number of rotatable bonds is 5. The van der Waals surface area contributed by atoms with Gasteiger partial charge in [-0.2, -0.15) is 0 Å². The molecule has 34 heavy (non-hydrogen) atoms. The van der Waals surface area contributed by atoms with Crippen LogP contribution in [0.15, 0.2) is 54.6 Å². The fraction of sp³-hybridized carbons (Fsp3) is 0.310. The predicted molar refractivity (Wildman–Crippen MR) is 137 cm³/mol. The summed E-state index contributed by atoms with van der Waals surface area (Å²) in [6.07, 6.45) is 0.450. The average Bonchev–Trinajstić information content (AvgIpc) is 3.41. The number of aromatic nitrogens is 2. The van der Waals surface area contributed by atoms with Crippen molar-refractivity contribution in [2.45, 2.75) is 46.6 Å². The molecule has 5 heteroatoms. The van der Waals surface area contributed by atoms with Crippen LogP contribution in [0.3, 0.4) is 0 Å². The lowest BCUT2D eigenvalue weighted by Gasteiger charge is -2.20. The quantitative estimate of drug-likeness (QED) is 0.381. The number of carbonyl (C=O) groups excluding carboxylic acids is 1. The number of benzene rings is 3. The van der Waals surface area contributed by atoms with Crippen LogP contribution in [0.5, 0.6) is 5.75 Å². The highest BCUT2D eigenvalue weighted by Crippen LogP contribution is 2.35. The lowest BCUT2D eigenvalue weighted by molar-refractivity contribution is -0.117. The van der Waals surface area contributed by atoms with Crippen molar-refractivity contribution in [3.05, 3.63) is 88.2 Å². The molecule has 1 atom stereocenters. The van der Waals surface area contributed by atoms with Crippen molar-refractivity contribution >= 4 is 22.6 Å². The third-order valence-electron chi connectivity index (χ3n) is 7.38. The molecule has 0 saturated carbocycles. The first-order valence-corrected chi connectivity index (χ1v) is 11.8. The van der Waals surface area contributed by atoms with Gasteiger partial charge in [0.15, 0.2) is 0 Å². The number of para-hydroxylation sites is 2. The zero-order valence-electron chi connectivity index (χ0n) is 20.6. The Kier molecular flexibility index (Phi) is 5.64. The molecule has 0 radical (unpaired) electrons. The molecule has 1 aromatic heterocycles. The van der Waals surface area contributed by atoms with Crippen LogP contribution in [-0.4, -0.2) is 29.1 Å². The summed E-state index contributed by atoms with van der Waals surface area (Å²) in [4.78, 5) is 20.0. The first kappa shape index (κ1) is 22.2. The minimum Gasteiger partial charge on any atom is -0.497 e. The third-order valence-corrected chi connectivity index (χ3v) is 7.38. The Balaban J connectivity index is 1.57. The van der Waals surface area contributed by atoms with E-state index in [2.05, 4.69) is 56.5 Å². The predicted octanol–water partition coefficient (Wildman–Crippen LogP) is 5.85. The Bertz CT molecular complexity index is 1380. The number of anilines is 1. The van der Waals surface area contributed by atoms with E-state index in [1.165, 1.54) is 27.8 Å². The van der Waals surface area contributed by atoms with E-state index >= 15 is 0 Å². The molecule has 1 amide bonds. The van der Waals surface area contributed by atoms with Gasteiger partial charge >= 0.3 is 0 Å². The molecule has 0 N–H and O–H groups in total. The number of carbonyl (C=O) groups is 1. The van der Waals surface area contributed by atoms with Crippen molar-refractivity contribution in [1.29, 1.82) is 0 Å². The molecule has 5 rings (SSSR count). The van der Waals surface area contributed by atoms with Gasteiger partial charge in [-0.05, 0) is 79.8 Å². The molecule has 0 bridgehead atoms. The number of aryl methyl sites for hydroxylation is 2. The van der Waals surface area contributed by atoms with Crippen LogP contribution in [0.1, 0.15) is 46.0 Å². The first-order chi connectivity index (χ1) is 16.4. The zero-order valence-corrected chi connectivity index (χ0v) is 20.6. The van der Waals surface area contributed by atoms with Gasteiger partial charge in [0, 0.05) is 37.2 Å². The van der Waals surface area contributed by atoms with E-state index in [0.29, 0.717) is 13.0 Å². The molecule has 4 aromatic rings. The molecule has 1 fully saturated rings. The van der Waals surface area contributed by atoms with Gasteiger partial charge in [-0.25, -0.2) is 4.98 Å². The van der Waals surface area contributed by atoms with Crippen molar-refractivity contribution in [3.63, 3.8) is 0 Å². The van der Waals surface area contributed by atoms with Crippen molar-refractivity contribution in [1.82, 2.24) is 9.55 Å². The second-order valence-corrected chi connectivity index (χ2v) is 9.39. The molecule has 3 aromatic carbocycles. The SMILES string of the molecule is COc1cccc(N2CC(c3nc4ccccc4n3Cc3c(C)c(C)cc(C)c3C)CC2=O)c1. The lowest BCUT2D eigenvalue weighted by atomic mass is 9.94. The Morgan fingerprint density at radius 1 is 0.971 bits per heavy atom. The van der Waals surface area contributed by atoms with Gasteiger partial charge in [-0.1, -0.05) is 24.3 Å². The van der Waals surface area contributed by atoms with Crippen molar-refractivity contribution in [3.8, 4) is 5.75 Å². The number of hydrogen-bond donors (Lipinski definition) is 0. The number of imidazole rings is 1. The zero-order chi connectivity index (χ0) is 24.0. The summed E-state index contributed by atoms with van der Waals surface area (Å²) in [5, 5.41) is 0. The number of nitrogens with zero attached hydrogens (tertiary/aromatic N) is 3. The second-order valence-electron chi connectivity index (χ2n) is 9.39. The van der Waals surface area contributed by atoms with E-state index in [1.807, 2.05) is 35.2 Å². The summed E-state index contributed by atoms with van der Waals surface area (Å²) in [6.45, 7) is 10.1. The molecular formula is C29H31N3O2. The minimum absolute atomic E-state index is 0.0256. The molecule has 1 aliphatic rings. The maximum Gasteiger partial charge on any atom is 0.227 e. The first-order valence-electron chi connectivity index (χ1n) is 11.8.